The van der Waals surface area contributed by atoms with Crippen LogP contribution in [0.5, 0.6) is 0 Å². The first-order valence-electron chi connectivity index (χ1n) is 46.3. The topological polar surface area (TPSA) is 462 Å². The predicted molar refractivity (Wildman–Crippen MR) is 600 cm³/mol. The molecular weight excluding hydrogens is 2550 g/mol. The van der Waals surface area contributed by atoms with Crippen LogP contribution in [0.4, 0.5) is 0 Å². The molecule has 0 spiro atoms. The van der Waals surface area contributed by atoms with E-state index in [1.54, 1.807) is 84.4 Å². The average Bonchev–Trinajstić information content (AvgIpc) is 0.787. The normalized spacial score (nSPS) is 11.7. The summed E-state index contributed by atoms with van der Waals surface area (Å²) in [7, 11) is -0.212. The number of aromatic nitrogens is 10. The van der Waals surface area contributed by atoms with Crippen molar-refractivity contribution < 1.29 is 83.0 Å². The van der Waals surface area contributed by atoms with Gasteiger partial charge < -0.3 is 85.4 Å². The number of nitrogens with zero attached hydrogens (tertiary/aromatic N) is 10. The molecule has 14 rings (SSSR count). The van der Waals surface area contributed by atoms with Crippen LogP contribution in [0.1, 0.15) is 166 Å². The molecule has 0 aliphatic heterocycles. The Morgan fingerprint density at radius 2 is 0.596 bits per heavy atom. The standard InChI is InChI=1S/C30H34N6.C28H24N4.C26H28N8.C24H22N6.C8H11P.CH3.Os.3Pt/c1-7-23(31)19(5)29(33)27-13-9-11-25(35-27)21-16-22(18(4)15-17(21)3)26-12-10-14-28(36-26)30(34)20(6)24(32)8-2;1-3-24(29)19(2)28(30)27-15-8-14-26(32-27)23-12-7-10-21(18-23)20-9-6-11-22(17-20)25-13-4-5-16-31-25;1-5-19(27)15(3)23(29)25-31-12-10-21(33-25)17-8-7-9-18(14-17)22-11-13-32-26(34-22)24(30)16(4)20(28)6-2;1-15(25)13-19(27)23-11-5-9-21(29-23)17-7-3-4-8-18(17)22-10-6-12-24(30-22)20(28)14-16(2)26;1-9(2)8-6-4-3-5-7-8;;;;;/h9-16,31-34H,7-8H2,1-6H3;4-16,18,29-30H,3H2,1-2H3;7-14,27-30H,5-6H2,1-4H3;3-14,25-28H,1-2H3;3-7H,1-2H3;1H3;;;;/q4*-2;;-1;;3*+2/p+1/b29-19-,30-20-,31-23?,32-24?;28-19-,29-24?;23-15-,24-16-,27-19?,28-20?;19-13-,20-14-,25-15?,26-16?;;;;;;. The Bertz CT molecular complexity index is 6930. The molecule has 14 N–H and O–H groups in total. The summed E-state index contributed by atoms with van der Waals surface area (Å²) in [5, 5.41) is 56.9. The third-order valence-corrected chi connectivity index (χ3v) is 24.6. The maximum absolute atomic E-state index is 8.55. The van der Waals surface area contributed by atoms with E-state index in [4.69, 9.17) is 93.0 Å². The van der Waals surface area contributed by atoms with Crippen LogP contribution in [0.15, 0.2) is 313 Å². The molecule has 8 heterocycles. The quantitative estimate of drug-likeness (QED) is 0.0132. The Labute approximate surface area is 917 Å². The fraction of sp³-hybridized carbons (Fsp3) is 0.179. The van der Waals surface area contributed by atoms with Gasteiger partial charge >= 0.3 is 63.2 Å². The van der Waals surface area contributed by atoms with Crippen molar-refractivity contribution in [3.63, 3.8) is 0 Å². The zero-order valence-electron chi connectivity index (χ0n) is 84.9. The minimum atomic E-state index is -0.212. The van der Waals surface area contributed by atoms with Crippen molar-refractivity contribution in [2.75, 3.05) is 13.3 Å². The number of nitrogens with one attached hydrogen (secondary N) is 14. The molecule has 8 aromatic heterocycles. The molecular formula is C117H123N24OsPPt3-2. The Morgan fingerprint density at radius 3 is 0.959 bits per heavy atom. The summed E-state index contributed by atoms with van der Waals surface area (Å²) in [4.78, 5) is 45.6. The van der Waals surface area contributed by atoms with E-state index in [2.05, 4.69) is 109 Å². The SMILES string of the molecule is CC(=N)/C=C(\[NH-])c1cccc(-c2ccccc2-c2cccc(/C([NH-])=C/C(C)=N)n2)n1.CCC(=N)/C(C)=C(\[NH-])c1cccc(-c2cc(-c3cccc(/C([NH-])=C(\C)C(=N)CC)n3)c(C)cc2C)n1.CCC(=N)/C(C)=C(\[NH-])c1cccc(-c2cccc(-c3[c-]c(-c4ccccn4)ccc3)c2)n1.CCC(=N)/C(C)=C(\[NH-])c1nccc(-c2cccc(-c3ccnc(/C([NH-])=C(\C)C(=N)CC)n3)c2)n1.C[PH+](C)c1ccccc1.[CH3-].[Os].[Pt+2].[Pt+2].[Pt+2]. The molecule has 0 atom stereocenters. The number of hydrogen-bond donors (Lipinski definition) is 7. The van der Waals surface area contributed by atoms with E-state index >= 15 is 0 Å². The number of benzene rings is 6. The Balaban J connectivity index is 0.000000329. The molecule has 0 radical (unpaired) electrons. The Kier molecular flexibility index (Phi) is 49.8. The molecule has 0 unspecified atom stereocenters. The molecule has 0 saturated carbocycles. The Morgan fingerprint density at radius 1 is 0.295 bits per heavy atom. The third kappa shape index (κ3) is 33.3. The predicted octanol–water partition coefficient (Wildman–Crippen LogP) is 32.3. The number of aryl methyl sites for hydroxylation is 2. The fourth-order valence-corrected chi connectivity index (χ4v) is 15.5. The first-order valence-corrected chi connectivity index (χ1v) is 48.8. The van der Waals surface area contributed by atoms with Crippen LogP contribution >= 0.6 is 7.92 Å². The monoisotopic (exact) mass is 2670 g/mol. The van der Waals surface area contributed by atoms with Gasteiger partial charge in [0.05, 0.1) is 58.5 Å². The summed E-state index contributed by atoms with van der Waals surface area (Å²) in [6, 6.07) is 85.4. The number of hydrogen-bond acceptors (Lipinski definition) is 17. The van der Waals surface area contributed by atoms with Gasteiger partial charge in [-0.3, -0.25) is 4.98 Å². The van der Waals surface area contributed by atoms with Crippen LogP contribution in [0, 0.1) is 65.2 Å². The third-order valence-electron chi connectivity index (χ3n) is 23.1. The molecule has 0 saturated heterocycles. The van der Waals surface area contributed by atoms with Crippen molar-refractivity contribution in [1.82, 2.24) is 49.8 Å². The van der Waals surface area contributed by atoms with Gasteiger partial charge in [-0.15, -0.1) is 58.3 Å². The van der Waals surface area contributed by atoms with E-state index in [1.165, 1.54) is 17.5 Å². The van der Waals surface area contributed by atoms with Gasteiger partial charge in [-0.25, -0.2) is 44.9 Å². The van der Waals surface area contributed by atoms with Crippen LogP contribution in [-0.2, 0) is 83.0 Å². The molecule has 29 heteroatoms. The van der Waals surface area contributed by atoms with Crippen molar-refractivity contribution in [3.8, 4) is 101 Å². The van der Waals surface area contributed by atoms with Crippen molar-refractivity contribution in [1.29, 1.82) is 37.9 Å². The van der Waals surface area contributed by atoms with Gasteiger partial charge in [0.1, 0.15) is 11.6 Å². The molecule has 24 nitrogen and oxygen atoms in total. The smallest absolute Gasteiger partial charge is 0.697 e. The zero-order chi connectivity index (χ0) is 102. The number of pyridine rings is 6. The van der Waals surface area contributed by atoms with E-state index in [1.807, 2.05) is 231 Å². The van der Waals surface area contributed by atoms with Crippen molar-refractivity contribution in [2.45, 2.75) is 129 Å². The summed E-state index contributed by atoms with van der Waals surface area (Å²) in [5.74, 6) is 0.557. The summed E-state index contributed by atoms with van der Waals surface area (Å²) in [6.07, 6.45) is 10.8. The van der Waals surface area contributed by atoms with Gasteiger partial charge in [-0.05, 0) is 242 Å². The second-order valence-corrected chi connectivity index (χ2v) is 36.0. The van der Waals surface area contributed by atoms with Crippen molar-refractivity contribution >= 4 is 93.1 Å². The zero-order valence-corrected chi connectivity index (χ0v) is 95.3. The molecule has 14 aromatic rings. The molecule has 0 fully saturated rings. The van der Waals surface area contributed by atoms with Crippen molar-refractivity contribution in [2.24, 2.45) is 0 Å². The molecule has 0 aliphatic rings. The van der Waals surface area contributed by atoms with E-state index in [0.717, 1.165) is 89.5 Å². The van der Waals surface area contributed by atoms with Gasteiger partial charge in [-0.2, -0.15) is 0 Å². The van der Waals surface area contributed by atoms with Crippen LogP contribution in [-0.4, -0.2) is 103 Å². The molecule has 0 bridgehead atoms. The second kappa shape index (κ2) is 59.4. The van der Waals surface area contributed by atoms with Crippen LogP contribution in [0.3, 0.4) is 0 Å². The molecule has 0 aliphatic carbocycles. The molecule has 146 heavy (non-hydrogen) atoms. The van der Waals surface area contributed by atoms with E-state index in [9.17, 15) is 0 Å². The first-order chi connectivity index (χ1) is 67.6. The van der Waals surface area contributed by atoms with Gasteiger partial charge in [0, 0.05) is 154 Å². The van der Waals surface area contributed by atoms with Crippen LogP contribution < -0.4 is 5.30 Å². The summed E-state index contributed by atoms with van der Waals surface area (Å²) in [5.41, 5.74) is 85.9. The van der Waals surface area contributed by atoms with E-state index < -0.39 is 0 Å². The van der Waals surface area contributed by atoms with Crippen molar-refractivity contribution in [3.05, 3.63) is 418 Å². The van der Waals surface area contributed by atoms with Crippen LogP contribution in [0.25, 0.3) is 181 Å². The van der Waals surface area contributed by atoms with Gasteiger partial charge in [0.15, 0.2) is 0 Å². The summed E-state index contributed by atoms with van der Waals surface area (Å²) < 4.78 is 0. The molecule has 0 amide bonds. The number of allylic oxidation sites excluding steroid dienone is 7. The Hall–Kier alpha value is -14.0. The van der Waals surface area contributed by atoms with Gasteiger partial charge in [0.2, 0.25) is 0 Å². The first kappa shape index (κ1) is 122. The number of rotatable bonds is 29. The summed E-state index contributed by atoms with van der Waals surface area (Å²) in [6.45, 7) is 30.4. The van der Waals surface area contributed by atoms with Gasteiger partial charge in [-0.1, -0.05) is 203 Å². The molecule has 756 valence electrons. The second-order valence-electron chi connectivity index (χ2n) is 33.5. The maximum Gasteiger partial charge on any atom is 2.00 e. The largest absolute Gasteiger partial charge is 2.00 e. The van der Waals surface area contributed by atoms with Crippen LogP contribution in [0.2, 0.25) is 0 Å². The fourth-order valence-electron chi connectivity index (χ4n) is 14.6. The minimum absolute atomic E-state index is 0. The van der Waals surface area contributed by atoms with E-state index in [-0.39, 0.29) is 144 Å². The van der Waals surface area contributed by atoms with E-state index in [0.29, 0.717) is 157 Å². The van der Waals surface area contributed by atoms with Gasteiger partial charge in [0.25, 0.3) is 0 Å². The average molecular weight is 2670 g/mol. The molecule has 6 aromatic carbocycles. The minimum Gasteiger partial charge on any atom is -0.697 e. The summed E-state index contributed by atoms with van der Waals surface area (Å²) >= 11 is 0. The maximum atomic E-state index is 8.55.